The quantitative estimate of drug-likeness (QED) is 0.311. The van der Waals surface area contributed by atoms with Gasteiger partial charge in [0.25, 0.3) is 11.8 Å². The number of hydrogen-bond acceptors (Lipinski definition) is 6. The molecule has 9 nitrogen and oxygen atoms in total. The number of aromatic amines is 1. The molecule has 5 aromatic rings. The number of nitrogens with zero attached hydrogens (tertiary/aromatic N) is 3. The fourth-order valence-corrected chi connectivity index (χ4v) is 3.85. The van der Waals surface area contributed by atoms with Crippen molar-refractivity contribution in [2.24, 2.45) is 0 Å². The van der Waals surface area contributed by atoms with Gasteiger partial charge in [0.15, 0.2) is 17.3 Å². The molecule has 0 saturated carbocycles. The van der Waals surface area contributed by atoms with Gasteiger partial charge >= 0.3 is 0 Å². The van der Waals surface area contributed by atoms with Gasteiger partial charge in [0.1, 0.15) is 17.2 Å². The van der Waals surface area contributed by atoms with Crippen LogP contribution in [-0.4, -0.2) is 52.8 Å². The Morgan fingerprint density at radius 1 is 0.868 bits per heavy atom. The largest absolute Gasteiger partial charge is 0.453 e. The number of carbonyl (C=O) groups excluding carboxylic acids is 2. The summed E-state index contributed by atoms with van der Waals surface area (Å²) < 4.78 is 12.4. The van der Waals surface area contributed by atoms with Crippen molar-refractivity contribution in [1.82, 2.24) is 25.2 Å². The summed E-state index contributed by atoms with van der Waals surface area (Å²) in [6.07, 6.45) is 1.70. The Morgan fingerprint density at radius 3 is 2.32 bits per heavy atom. The number of pyridine rings is 1. The molecule has 2 amide bonds. The van der Waals surface area contributed by atoms with Crippen LogP contribution < -0.4 is 14.8 Å². The zero-order valence-corrected chi connectivity index (χ0v) is 21.1. The van der Waals surface area contributed by atoms with E-state index in [1.165, 1.54) is 4.90 Å². The lowest BCUT2D eigenvalue weighted by Crippen LogP contribution is -2.21. The maximum absolute atomic E-state index is 12.4. The Bertz CT molecular complexity index is 1610. The number of imidazole rings is 1. The number of fused-ring (bicyclic) bond motifs is 1. The lowest BCUT2D eigenvalue weighted by atomic mass is 10.2. The number of amides is 2. The molecule has 2 N–H and O–H groups in total. The number of hydrogen-bond donors (Lipinski definition) is 2. The molecule has 0 radical (unpaired) electrons. The molecular weight excluding hydrogens is 482 g/mol. The highest BCUT2D eigenvalue weighted by Crippen LogP contribution is 2.39. The molecular formula is C29H25N5O4. The standard InChI is InChI=1S/C29H25N5O4/c1-30-28(35)20-8-4-5-10-24(20)38-26-17-23-22(32-27(33-23)21-9-6-7-15-31-21)16-25(26)37-19-13-11-18(12-14-19)29(36)34(2)3/h4-17H,1-3H3,(H,30,35)(H,32,33). The van der Waals surface area contributed by atoms with E-state index in [1.54, 1.807) is 88.0 Å². The van der Waals surface area contributed by atoms with Crippen molar-refractivity contribution >= 4 is 22.8 Å². The van der Waals surface area contributed by atoms with Crippen molar-refractivity contribution in [3.05, 3.63) is 96.2 Å². The molecule has 0 aliphatic carbocycles. The van der Waals surface area contributed by atoms with Crippen LogP contribution in [0.5, 0.6) is 23.0 Å². The van der Waals surface area contributed by atoms with Gasteiger partial charge in [-0.2, -0.15) is 0 Å². The fourth-order valence-electron chi connectivity index (χ4n) is 3.85. The third-order valence-electron chi connectivity index (χ3n) is 5.77. The minimum Gasteiger partial charge on any atom is -0.453 e. The van der Waals surface area contributed by atoms with Crippen molar-refractivity contribution < 1.29 is 19.1 Å². The van der Waals surface area contributed by atoms with E-state index in [-0.39, 0.29) is 11.8 Å². The van der Waals surface area contributed by atoms with Gasteiger partial charge < -0.3 is 24.7 Å². The third kappa shape index (κ3) is 5.03. The number of aromatic nitrogens is 3. The molecule has 0 atom stereocenters. The monoisotopic (exact) mass is 507 g/mol. The van der Waals surface area contributed by atoms with Gasteiger partial charge in [-0.25, -0.2) is 4.98 Å². The smallest absolute Gasteiger partial charge is 0.254 e. The van der Waals surface area contributed by atoms with Gasteiger partial charge in [0.05, 0.1) is 16.6 Å². The Labute approximate surface area is 219 Å². The van der Waals surface area contributed by atoms with E-state index in [1.807, 2.05) is 18.2 Å². The van der Waals surface area contributed by atoms with E-state index in [2.05, 4.69) is 20.3 Å². The topological polar surface area (TPSA) is 109 Å². The highest BCUT2D eigenvalue weighted by Gasteiger charge is 2.18. The second-order valence-corrected chi connectivity index (χ2v) is 8.62. The van der Waals surface area contributed by atoms with Crippen LogP contribution in [0.15, 0.2) is 85.1 Å². The van der Waals surface area contributed by atoms with Crippen LogP contribution in [0.25, 0.3) is 22.6 Å². The first kappa shape index (κ1) is 24.5. The Hall–Kier alpha value is -5.18. The van der Waals surface area contributed by atoms with Crippen molar-refractivity contribution in [3.63, 3.8) is 0 Å². The Balaban J connectivity index is 1.56. The van der Waals surface area contributed by atoms with Crippen molar-refractivity contribution in [2.75, 3.05) is 21.1 Å². The molecule has 0 bridgehead atoms. The molecule has 5 rings (SSSR count). The van der Waals surface area contributed by atoms with Crippen molar-refractivity contribution in [1.29, 1.82) is 0 Å². The molecule has 2 aromatic heterocycles. The molecule has 38 heavy (non-hydrogen) atoms. The predicted molar refractivity (Wildman–Crippen MR) is 144 cm³/mol. The van der Waals surface area contributed by atoms with E-state index in [9.17, 15) is 9.59 Å². The average molecular weight is 508 g/mol. The Morgan fingerprint density at radius 2 is 1.61 bits per heavy atom. The summed E-state index contributed by atoms with van der Waals surface area (Å²) in [5, 5.41) is 2.63. The molecule has 3 aromatic carbocycles. The summed E-state index contributed by atoms with van der Waals surface area (Å²) in [6.45, 7) is 0. The number of benzene rings is 3. The Kier molecular flexibility index (Phi) is 6.73. The summed E-state index contributed by atoms with van der Waals surface area (Å²) in [5.74, 6) is 1.85. The summed E-state index contributed by atoms with van der Waals surface area (Å²) >= 11 is 0. The molecule has 0 aliphatic heterocycles. The van der Waals surface area contributed by atoms with Gasteiger partial charge in [-0.15, -0.1) is 0 Å². The minimum atomic E-state index is -0.274. The second-order valence-electron chi connectivity index (χ2n) is 8.62. The van der Waals surface area contributed by atoms with Gasteiger partial charge in [-0.3, -0.25) is 14.6 Å². The van der Waals surface area contributed by atoms with Gasteiger partial charge in [0.2, 0.25) is 0 Å². The first-order valence-electron chi connectivity index (χ1n) is 11.9. The molecule has 0 fully saturated rings. The maximum atomic E-state index is 12.4. The molecule has 0 spiro atoms. The summed E-state index contributed by atoms with van der Waals surface area (Å²) in [7, 11) is 4.96. The fraction of sp³-hybridized carbons (Fsp3) is 0.103. The normalized spacial score (nSPS) is 10.7. The highest BCUT2D eigenvalue weighted by molar-refractivity contribution is 5.97. The highest BCUT2D eigenvalue weighted by atomic mass is 16.5. The lowest BCUT2D eigenvalue weighted by Gasteiger charge is -2.15. The van der Waals surface area contributed by atoms with Crippen molar-refractivity contribution in [3.8, 4) is 34.5 Å². The molecule has 2 heterocycles. The van der Waals surface area contributed by atoms with Crippen LogP contribution in [0.2, 0.25) is 0 Å². The summed E-state index contributed by atoms with van der Waals surface area (Å²) in [6, 6.07) is 22.9. The molecule has 9 heteroatoms. The van der Waals surface area contributed by atoms with Gasteiger partial charge in [-0.1, -0.05) is 18.2 Å². The number of para-hydroxylation sites is 1. The number of nitrogens with one attached hydrogen (secondary N) is 2. The molecule has 0 saturated heterocycles. The summed E-state index contributed by atoms with van der Waals surface area (Å²) in [4.78, 5) is 38.5. The second kappa shape index (κ2) is 10.4. The minimum absolute atomic E-state index is 0.105. The molecule has 190 valence electrons. The number of carbonyl (C=O) groups is 2. The van der Waals surface area contributed by atoms with Crippen LogP contribution in [-0.2, 0) is 0 Å². The van der Waals surface area contributed by atoms with Crippen LogP contribution in [0.3, 0.4) is 0 Å². The predicted octanol–water partition coefficient (Wildman–Crippen LogP) is 5.27. The van der Waals surface area contributed by atoms with Crippen LogP contribution in [0, 0.1) is 0 Å². The van der Waals surface area contributed by atoms with Crippen LogP contribution in [0.1, 0.15) is 20.7 Å². The lowest BCUT2D eigenvalue weighted by molar-refractivity contribution is 0.0827. The average Bonchev–Trinajstić information content (AvgIpc) is 3.36. The molecule has 0 aliphatic rings. The number of ether oxygens (including phenoxy) is 2. The van der Waals surface area contributed by atoms with E-state index in [0.717, 1.165) is 0 Å². The molecule has 0 unspecified atom stereocenters. The van der Waals surface area contributed by atoms with E-state index in [0.29, 0.717) is 56.7 Å². The van der Waals surface area contributed by atoms with Crippen LogP contribution >= 0.6 is 0 Å². The van der Waals surface area contributed by atoms with Gasteiger partial charge in [-0.05, 0) is 48.5 Å². The number of rotatable bonds is 7. The van der Waals surface area contributed by atoms with E-state index >= 15 is 0 Å². The zero-order chi connectivity index (χ0) is 26.6. The van der Waals surface area contributed by atoms with Gasteiger partial charge in [0, 0.05) is 45.0 Å². The van der Waals surface area contributed by atoms with E-state index in [4.69, 9.17) is 9.47 Å². The third-order valence-corrected chi connectivity index (χ3v) is 5.77. The number of H-pyrrole nitrogens is 1. The first-order valence-corrected chi connectivity index (χ1v) is 11.9. The maximum Gasteiger partial charge on any atom is 0.254 e. The summed E-state index contributed by atoms with van der Waals surface area (Å²) in [5.41, 5.74) is 2.97. The van der Waals surface area contributed by atoms with Crippen LogP contribution in [0.4, 0.5) is 0 Å². The first-order chi connectivity index (χ1) is 18.4. The zero-order valence-electron chi connectivity index (χ0n) is 21.1. The van der Waals surface area contributed by atoms with E-state index < -0.39 is 0 Å². The SMILES string of the molecule is CNC(=O)c1ccccc1Oc1cc2[nH]c(-c3ccccn3)nc2cc1Oc1ccc(C(=O)N(C)C)cc1. The van der Waals surface area contributed by atoms with Crippen molar-refractivity contribution in [2.45, 2.75) is 0 Å².